The lowest BCUT2D eigenvalue weighted by Gasteiger charge is -2.12. The summed E-state index contributed by atoms with van der Waals surface area (Å²) in [5.74, 6) is -1.21. The molecule has 0 amide bonds. The Morgan fingerprint density at radius 1 is 1.14 bits per heavy atom. The van der Waals surface area contributed by atoms with E-state index in [9.17, 15) is 14.3 Å². The van der Waals surface area contributed by atoms with Gasteiger partial charge in [0.15, 0.2) is 0 Å². The van der Waals surface area contributed by atoms with Gasteiger partial charge in [-0.15, -0.1) is 0 Å². The highest BCUT2D eigenvalue weighted by molar-refractivity contribution is 5.86. The third kappa shape index (κ3) is 3.67. The van der Waals surface area contributed by atoms with E-state index >= 15 is 0 Å². The predicted octanol–water partition coefficient (Wildman–Crippen LogP) is 3.21. The molecule has 0 aliphatic heterocycles. The van der Waals surface area contributed by atoms with Crippen molar-refractivity contribution < 1.29 is 24.1 Å². The molecule has 0 fully saturated rings. The van der Waals surface area contributed by atoms with Crippen molar-refractivity contribution in [3.63, 3.8) is 0 Å². The average Bonchev–Trinajstić information content (AvgIpc) is 2.47. The number of benzene rings is 2. The second kappa shape index (κ2) is 6.67. The second-order valence-corrected chi connectivity index (χ2v) is 4.19. The van der Waals surface area contributed by atoms with Gasteiger partial charge in [0.1, 0.15) is 17.3 Å². The van der Waals surface area contributed by atoms with Crippen molar-refractivity contribution in [2.75, 3.05) is 0 Å². The summed E-state index contributed by atoms with van der Waals surface area (Å²) >= 11 is 0. The molecule has 2 rings (SSSR count). The fourth-order valence-electron chi connectivity index (χ4n) is 1.78. The van der Waals surface area contributed by atoms with Crippen molar-refractivity contribution in [3.8, 4) is 11.5 Å². The number of carbonyl (C=O) groups is 1. The van der Waals surface area contributed by atoms with E-state index in [1.54, 1.807) is 24.3 Å². The van der Waals surface area contributed by atoms with Gasteiger partial charge in [0.25, 0.3) is 0 Å². The normalized spacial score (nSPS) is 10.8. The van der Waals surface area contributed by atoms with Crippen LogP contribution in [0, 0.1) is 5.82 Å². The van der Waals surface area contributed by atoms with Gasteiger partial charge in [0.2, 0.25) is 0 Å². The number of ether oxygens (including phenoxy) is 1. The molecule has 0 aromatic heterocycles. The Labute approximate surface area is 120 Å². The number of carboxylic acids is 1. The number of rotatable bonds is 5. The highest BCUT2D eigenvalue weighted by atomic mass is 19.1. The monoisotopic (exact) mass is 288 g/mol. The topological polar surface area (TPSA) is 66.8 Å². The highest BCUT2D eigenvalue weighted by Crippen LogP contribution is 2.30. The van der Waals surface area contributed by atoms with Gasteiger partial charge < -0.3 is 14.9 Å². The third-order valence-electron chi connectivity index (χ3n) is 2.77. The molecular weight excluding hydrogens is 275 g/mol. The first-order chi connectivity index (χ1) is 10.1. The average molecular weight is 288 g/mol. The molecule has 4 nitrogen and oxygen atoms in total. The quantitative estimate of drug-likeness (QED) is 0.829. The summed E-state index contributed by atoms with van der Waals surface area (Å²) in [5, 5.41) is 17.9. The number of carboxylic acid groups (broad SMARTS) is 1. The van der Waals surface area contributed by atoms with Gasteiger partial charge in [0, 0.05) is 11.6 Å². The van der Waals surface area contributed by atoms with Gasteiger partial charge in [-0.2, -0.15) is 0 Å². The van der Waals surface area contributed by atoms with E-state index in [1.165, 1.54) is 18.2 Å². The Balaban J connectivity index is 2.40. The summed E-state index contributed by atoms with van der Waals surface area (Å²) in [5.41, 5.74) is 0.586. The molecule has 0 saturated heterocycles. The summed E-state index contributed by atoms with van der Waals surface area (Å²) in [6.45, 7) is -0.216. The van der Waals surface area contributed by atoms with E-state index in [1.807, 2.05) is 0 Å². The van der Waals surface area contributed by atoms with Crippen molar-refractivity contribution in [1.29, 1.82) is 0 Å². The molecule has 0 radical (unpaired) electrons. The van der Waals surface area contributed by atoms with Crippen molar-refractivity contribution >= 4 is 12.0 Å². The van der Waals surface area contributed by atoms with Crippen LogP contribution in [0.5, 0.6) is 11.5 Å². The summed E-state index contributed by atoms with van der Waals surface area (Å²) in [6.07, 6.45) is 1.97. The first-order valence-electron chi connectivity index (χ1n) is 6.18. The molecule has 2 aromatic carbocycles. The minimum Gasteiger partial charge on any atom is -0.478 e. The molecule has 5 heteroatoms. The van der Waals surface area contributed by atoms with E-state index in [2.05, 4.69) is 0 Å². The van der Waals surface area contributed by atoms with Gasteiger partial charge in [-0.25, -0.2) is 9.18 Å². The van der Waals surface area contributed by atoms with Crippen LogP contribution in [-0.2, 0) is 11.4 Å². The maximum atomic E-state index is 13.8. The zero-order valence-electron chi connectivity index (χ0n) is 11.0. The van der Waals surface area contributed by atoms with Gasteiger partial charge in [-0.1, -0.05) is 24.3 Å². The van der Waals surface area contributed by atoms with E-state index in [0.29, 0.717) is 11.3 Å². The molecule has 0 heterocycles. The van der Waals surface area contributed by atoms with Gasteiger partial charge >= 0.3 is 5.97 Å². The summed E-state index contributed by atoms with van der Waals surface area (Å²) in [4.78, 5) is 10.6. The van der Waals surface area contributed by atoms with Crippen LogP contribution in [0.3, 0.4) is 0 Å². The minimum absolute atomic E-state index is 0.0349. The second-order valence-electron chi connectivity index (χ2n) is 4.19. The molecule has 0 aliphatic carbocycles. The first kappa shape index (κ1) is 14.7. The van der Waals surface area contributed by atoms with Crippen LogP contribution in [0.25, 0.3) is 6.08 Å². The predicted molar refractivity (Wildman–Crippen MR) is 75.5 cm³/mol. The maximum Gasteiger partial charge on any atom is 0.328 e. The Bertz CT molecular complexity index is 680. The number of para-hydroxylation sites is 1. The fourth-order valence-corrected chi connectivity index (χ4v) is 1.78. The van der Waals surface area contributed by atoms with E-state index in [4.69, 9.17) is 9.84 Å². The fraction of sp³-hybridized carbons (Fsp3) is 0.0625. The van der Waals surface area contributed by atoms with Crippen LogP contribution in [-0.4, -0.2) is 16.2 Å². The van der Waals surface area contributed by atoms with Gasteiger partial charge in [-0.05, 0) is 24.3 Å². The zero-order valence-corrected chi connectivity index (χ0v) is 11.0. The summed E-state index contributed by atoms with van der Waals surface area (Å²) in [6, 6.07) is 11.0. The lowest BCUT2D eigenvalue weighted by molar-refractivity contribution is -0.131. The van der Waals surface area contributed by atoms with Crippen LogP contribution in [0.1, 0.15) is 11.1 Å². The number of aliphatic hydroxyl groups excluding tert-OH is 1. The molecule has 0 spiro atoms. The molecule has 0 aliphatic rings. The molecule has 0 atom stereocenters. The summed E-state index contributed by atoms with van der Waals surface area (Å²) < 4.78 is 19.4. The van der Waals surface area contributed by atoms with Crippen molar-refractivity contribution in [3.05, 3.63) is 65.5 Å². The lowest BCUT2D eigenvalue weighted by atomic mass is 10.1. The van der Waals surface area contributed by atoms with Crippen LogP contribution in [0.15, 0.2) is 48.5 Å². The molecule has 0 bridgehead atoms. The number of hydrogen-bond donors (Lipinski definition) is 2. The SMILES string of the molecule is O=C(O)/C=C/c1c(F)cccc1Oc1ccccc1CO. The Kier molecular flexibility index (Phi) is 4.68. The van der Waals surface area contributed by atoms with E-state index in [-0.39, 0.29) is 17.9 Å². The van der Waals surface area contributed by atoms with Crippen molar-refractivity contribution in [1.82, 2.24) is 0 Å². The Hall–Kier alpha value is -2.66. The Morgan fingerprint density at radius 3 is 2.57 bits per heavy atom. The third-order valence-corrected chi connectivity index (χ3v) is 2.77. The van der Waals surface area contributed by atoms with Crippen LogP contribution < -0.4 is 4.74 Å². The van der Waals surface area contributed by atoms with Crippen LogP contribution in [0.2, 0.25) is 0 Å². The molecule has 0 unspecified atom stereocenters. The standard InChI is InChI=1S/C16H13FO4/c17-13-5-3-7-15(12(13)8-9-16(19)20)21-14-6-2-1-4-11(14)10-18/h1-9,18H,10H2,(H,19,20)/b9-8+. The smallest absolute Gasteiger partial charge is 0.328 e. The molecule has 0 saturated carbocycles. The number of hydrogen-bond acceptors (Lipinski definition) is 3. The first-order valence-corrected chi connectivity index (χ1v) is 6.18. The number of aliphatic hydroxyl groups is 1. The van der Waals surface area contributed by atoms with Crippen LogP contribution >= 0.6 is 0 Å². The Morgan fingerprint density at radius 2 is 1.86 bits per heavy atom. The largest absolute Gasteiger partial charge is 0.478 e. The maximum absolute atomic E-state index is 13.8. The van der Waals surface area contributed by atoms with E-state index < -0.39 is 11.8 Å². The highest BCUT2D eigenvalue weighted by Gasteiger charge is 2.10. The number of halogens is 1. The van der Waals surface area contributed by atoms with Crippen molar-refractivity contribution in [2.24, 2.45) is 0 Å². The molecular formula is C16H13FO4. The molecule has 2 N–H and O–H groups in total. The van der Waals surface area contributed by atoms with Gasteiger partial charge in [0.05, 0.1) is 12.2 Å². The van der Waals surface area contributed by atoms with Crippen LogP contribution in [0.4, 0.5) is 4.39 Å². The zero-order chi connectivity index (χ0) is 15.2. The van der Waals surface area contributed by atoms with Crippen molar-refractivity contribution in [2.45, 2.75) is 6.61 Å². The molecule has 2 aromatic rings. The molecule has 21 heavy (non-hydrogen) atoms. The summed E-state index contributed by atoms with van der Waals surface area (Å²) in [7, 11) is 0. The minimum atomic E-state index is -1.18. The molecule has 108 valence electrons. The lowest BCUT2D eigenvalue weighted by Crippen LogP contribution is -1.95. The van der Waals surface area contributed by atoms with Gasteiger partial charge in [-0.3, -0.25) is 0 Å². The number of aliphatic carboxylic acids is 1. The van der Waals surface area contributed by atoms with E-state index in [0.717, 1.165) is 12.2 Å².